The third-order valence-corrected chi connectivity index (χ3v) is 29.8. The first-order valence-electron chi connectivity index (χ1n) is 39.9. The van der Waals surface area contributed by atoms with Gasteiger partial charge in [-0.25, -0.2) is 9.59 Å². The van der Waals surface area contributed by atoms with Crippen LogP contribution in [-0.2, 0) is 54.1 Å². The summed E-state index contributed by atoms with van der Waals surface area (Å²) in [6.45, 7) is 1.79. The molecule has 27 rings (SSSR count). The molecule has 3 aliphatic heterocycles. The number of esters is 2. The SMILES string of the molecule is C/C(CO)=C1\C[C@H]2c3ccc4cc3[C@@H]3C[C@H]5[C@H]6C7=Cc8ccccc8[C@@H]6C[C@H]5[C@]5(C)Oc6ccc8c(CO)c([C@H](CCO)COCO)c(=O)oc8c6[C@@H](OC(=O)C[C@H]6C[C@@H](C=C[C@H]46)c4cccc6c4CC[C@H]4CCC[C@@H]8C=Cc9ccc(cc9[C@@]648)Cc4ccc(cc4)[C@]4(CCCC[C@H]4C#C7)[C@H]2C3)[C@@H]5OC1=O. The van der Waals surface area contributed by atoms with Gasteiger partial charge in [0.15, 0.2) is 17.8 Å². The molecule has 7 aromatic rings. The van der Waals surface area contributed by atoms with Crippen LogP contribution in [0.15, 0.2) is 159 Å². The number of allylic oxidation sites excluding steroid dienone is 4. The average molecular weight is 1420 g/mol. The number of rotatable bonds is 8. The predicted octanol–water partition coefficient (Wildman–Crippen LogP) is 16.4. The summed E-state index contributed by atoms with van der Waals surface area (Å²) >= 11 is 0. The Morgan fingerprint density at radius 3 is 2.47 bits per heavy atom. The average Bonchev–Trinajstić information content (AvgIpc) is 0.858. The zero-order chi connectivity index (χ0) is 71.6. The van der Waals surface area contributed by atoms with E-state index in [9.17, 15) is 20.4 Å². The molecule has 20 aliphatic rings. The topological polar surface area (TPSA) is 182 Å². The van der Waals surface area contributed by atoms with Crippen LogP contribution in [-0.4, -0.2) is 70.7 Å². The van der Waals surface area contributed by atoms with Gasteiger partial charge in [0, 0.05) is 81.5 Å². The second-order valence-electron chi connectivity index (χ2n) is 34.3. The quantitative estimate of drug-likeness (QED) is 0.0283. The molecule has 0 radical (unpaired) electrons. The lowest BCUT2D eigenvalue weighted by Gasteiger charge is -2.55. The van der Waals surface area contributed by atoms with Gasteiger partial charge in [0.1, 0.15) is 18.1 Å². The fraction of sp³-hybridized carbons (Fsp3) is 0.457. The molecule has 106 heavy (non-hydrogen) atoms. The highest BCUT2D eigenvalue weighted by atomic mass is 16.6. The molecule has 0 amide bonds. The molecule has 542 valence electrons. The number of hydrogen-bond acceptors (Lipinski definition) is 12. The minimum Gasteiger partial charge on any atom is -0.483 e. The van der Waals surface area contributed by atoms with Crippen molar-refractivity contribution in [3.8, 4) is 17.6 Å². The maximum Gasteiger partial charge on any atom is 0.340 e. The van der Waals surface area contributed by atoms with Gasteiger partial charge in [0.25, 0.3) is 0 Å². The predicted molar refractivity (Wildman–Crippen MR) is 405 cm³/mol. The van der Waals surface area contributed by atoms with Gasteiger partial charge in [0.05, 0.1) is 25.4 Å². The fourth-order valence-corrected chi connectivity index (χ4v) is 25.4. The Kier molecular flexibility index (Phi) is 16.2. The van der Waals surface area contributed by atoms with E-state index >= 15 is 14.4 Å². The first-order valence-corrected chi connectivity index (χ1v) is 39.9. The van der Waals surface area contributed by atoms with Gasteiger partial charge in [-0.2, -0.15) is 0 Å². The lowest BCUT2D eigenvalue weighted by atomic mass is 9.48. The van der Waals surface area contributed by atoms with E-state index in [0.717, 1.165) is 80.9 Å². The maximum absolute atomic E-state index is 16.9. The molecule has 12 heteroatoms. The van der Waals surface area contributed by atoms with Crippen molar-refractivity contribution in [3.63, 3.8) is 0 Å². The van der Waals surface area contributed by atoms with E-state index in [4.69, 9.17) is 23.4 Å². The monoisotopic (exact) mass is 1410 g/mol. The minimum atomic E-state index is -1.47. The van der Waals surface area contributed by atoms with Crippen LogP contribution in [0.3, 0.4) is 0 Å². The summed E-state index contributed by atoms with van der Waals surface area (Å²) < 4.78 is 35.1. The van der Waals surface area contributed by atoms with Gasteiger partial charge in [0.2, 0.25) is 0 Å². The number of aliphatic hydroxyl groups is 4. The Morgan fingerprint density at radius 1 is 0.745 bits per heavy atom. The number of aliphatic hydroxyl groups excluding tert-OH is 4. The molecule has 19 atom stereocenters. The van der Waals surface area contributed by atoms with Gasteiger partial charge in [-0.05, 0) is 246 Å². The van der Waals surface area contributed by atoms with Crippen LogP contribution in [0.4, 0.5) is 0 Å². The van der Waals surface area contributed by atoms with Crippen molar-refractivity contribution in [2.24, 2.45) is 47.3 Å². The molecular formula is C94H94O12. The van der Waals surface area contributed by atoms with Crippen molar-refractivity contribution in [2.75, 3.05) is 26.6 Å². The maximum atomic E-state index is 16.9. The highest BCUT2D eigenvalue weighted by Crippen LogP contribution is 2.68. The summed E-state index contributed by atoms with van der Waals surface area (Å²) in [6.07, 6.45) is 22.9. The van der Waals surface area contributed by atoms with E-state index in [1.165, 1.54) is 74.0 Å². The van der Waals surface area contributed by atoms with Crippen LogP contribution in [0.5, 0.6) is 5.75 Å². The molecule has 3 saturated carbocycles. The number of benzene rings is 6. The van der Waals surface area contributed by atoms with Crippen LogP contribution in [0.2, 0.25) is 0 Å². The number of ether oxygens (including phenoxy) is 4. The molecule has 12 nitrogen and oxygen atoms in total. The molecule has 6 aromatic carbocycles. The Morgan fingerprint density at radius 2 is 1.61 bits per heavy atom. The van der Waals surface area contributed by atoms with Crippen molar-refractivity contribution in [2.45, 2.75) is 194 Å². The van der Waals surface area contributed by atoms with Crippen LogP contribution < -0.4 is 10.4 Å². The molecule has 0 saturated heterocycles. The number of carbonyl (C=O) groups excluding carboxylic acids is 2. The lowest BCUT2D eigenvalue weighted by molar-refractivity contribution is -0.202. The molecule has 2 spiro atoms. The normalized spacial score (nSPS) is 34.2. The largest absolute Gasteiger partial charge is 0.483 e. The number of carbonyl (C=O) groups is 2. The zero-order valence-electron chi connectivity index (χ0n) is 60.7. The molecule has 1 aromatic heterocycles. The van der Waals surface area contributed by atoms with Crippen LogP contribution in [0.1, 0.15) is 241 Å². The second-order valence-corrected chi connectivity index (χ2v) is 34.3. The van der Waals surface area contributed by atoms with Gasteiger partial charge in [-0.15, -0.1) is 0 Å². The highest BCUT2D eigenvalue weighted by molar-refractivity contribution is 5.91. The van der Waals surface area contributed by atoms with Crippen molar-refractivity contribution in [1.29, 1.82) is 0 Å². The van der Waals surface area contributed by atoms with Crippen LogP contribution >= 0.6 is 0 Å². The van der Waals surface area contributed by atoms with Crippen molar-refractivity contribution in [1.82, 2.24) is 0 Å². The highest BCUT2D eigenvalue weighted by Gasteiger charge is 2.65. The molecule has 22 bridgehead atoms. The van der Waals surface area contributed by atoms with E-state index in [2.05, 4.69) is 152 Å². The Labute approximate surface area is 620 Å². The van der Waals surface area contributed by atoms with Crippen molar-refractivity contribution in [3.05, 3.63) is 250 Å². The summed E-state index contributed by atoms with van der Waals surface area (Å²) in [5.74, 6) is 6.09. The van der Waals surface area contributed by atoms with E-state index in [1.807, 2.05) is 13.0 Å². The third kappa shape index (κ3) is 9.92. The number of fused-ring (bicyclic) bond motifs is 6. The van der Waals surface area contributed by atoms with Crippen LogP contribution in [0, 0.1) is 59.2 Å². The second kappa shape index (κ2) is 25.6. The van der Waals surface area contributed by atoms with E-state index in [0.29, 0.717) is 47.0 Å². The smallest absolute Gasteiger partial charge is 0.340 e. The minimum absolute atomic E-state index is 0.00353. The molecule has 4 heterocycles. The summed E-state index contributed by atoms with van der Waals surface area (Å²) in [5, 5.41) is 44.0. The summed E-state index contributed by atoms with van der Waals surface area (Å²) in [5.41, 5.74) is 16.5. The van der Waals surface area contributed by atoms with Crippen LogP contribution in [0.25, 0.3) is 23.1 Å². The molecular weight excluding hydrogens is 1320 g/mol. The summed E-state index contributed by atoms with van der Waals surface area (Å²) in [6, 6.07) is 44.1. The zero-order valence-corrected chi connectivity index (χ0v) is 60.7. The van der Waals surface area contributed by atoms with E-state index in [1.54, 1.807) is 6.07 Å². The fourth-order valence-electron chi connectivity index (χ4n) is 25.4. The van der Waals surface area contributed by atoms with Crippen molar-refractivity contribution < 1.29 is 53.4 Å². The Hall–Kier alpha value is -8.41. The van der Waals surface area contributed by atoms with Gasteiger partial charge in [-0.1, -0.05) is 159 Å². The molecule has 3 fully saturated rings. The van der Waals surface area contributed by atoms with E-state index < -0.39 is 72.6 Å². The van der Waals surface area contributed by atoms with Gasteiger partial charge >= 0.3 is 17.6 Å². The Bertz CT molecular complexity index is 5080. The van der Waals surface area contributed by atoms with E-state index in [-0.39, 0.29) is 119 Å². The van der Waals surface area contributed by atoms with Crippen molar-refractivity contribution >= 4 is 35.1 Å². The molecule has 17 aliphatic carbocycles. The summed E-state index contributed by atoms with van der Waals surface area (Å²) in [4.78, 5) is 48.7. The summed E-state index contributed by atoms with van der Waals surface area (Å²) in [7, 11) is 0. The van der Waals surface area contributed by atoms with Gasteiger partial charge in [-0.3, -0.25) is 4.79 Å². The third-order valence-electron chi connectivity index (χ3n) is 29.8. The Balaban J connectivity index is 0.884. The molecule has 0 unspecified atom stereocenters. The first-order chi connectivity index (χ1) is 51.8. The first kappa shape index (κ1) is 67.0. The molecule has 4 N–H and O–H groups in total. The number of hydrogen-bond donors (Lipinski definition) is 4. The van der Waals surface area contributed by atoms with Gasteiger partial charge < -0.3 is 43.8 Å². The standard InChI is InChI=1S/C94H94O12/c1-51(47-96)72-45-74-69-30-23-57-41-73(69)61-42-76-80-46-75-68-13-4-3-9-55(68)39-58(84(75)76)21-26-62-10-5-6-35-93(62,81(74)43-61)63-24-17-52(18-25-63)37-53-16-19-54-20-27-64-11-7-12-65-28-31-70-67(14-8-15-78(70)94(64,65)79(54)38-53)56-22-29-66(57)60(40-56)44-83(99)103-88-86-82(106-92(80,2)89(88)105-90(72)100)33-32-71-77(48-97)85(91(101)104-87(71)86)59(34-36-95)49-102-50-98/h3-4,8-9,13-20,22-25,27,29-30,32-33,38-39,41,56,59-62,64-66,74-76,80-81,84,88-89,95-98H,5-7,10-12,28,31,34-37,40,42-50H2,1-2H3/b72-51-/t56-,59-,60-,61-,62+,64-,65-,66-,74+,75+,76-,80-,81+,84+,88-,89+,92+,93-,94-/m1/s1. The lowest BCUT2D eigenvalue weighted by Crippen LogP contribution is -2.59.